The molecule has 0 amide bonds. The number of likely N-dealkylation sites (tertiary alicyclic amines) is 2. The highest BCUT2D eigenvalue weighted by molar-refractivity contribution is 6.08. The van der Waals surface area contributed by atoms with Crippen molar-refractivity contribution in [2.45, 2.75) is 58.2 Å². The first-order valence-electron chi connectivity index (χ1n) is 11.5. The Morgan fingerprint density at radius 3 is 2.39 bits per heavy atom. The fourth-order valence-electron chi connectivity index (χ4n) is 5.87. The highest BCUT2D eigenvalue weighted by atomic mass is 15.2. The minimum absolute atomic E-state index is 0.939. The van der Waals surface area contributed by atoms with Crippen molar-refractivity contribution in [1.82, 2.24) is 4.57 Å². The van der Waals surface area contributed by atoms with Crippen LogP contribution >= 0.6 is 0 Å². The van der Waals surface area contributed by atoms with Crippen molar-refractivity contribution in [2.24, 2.45) is 0 Å². The van der Waals surface area contributed by atoms with Gasteiger partial charge in [0.15, 0.2) is 0 Å². The highest BCUT2D eigenvalue weighted by Crippen LogP contribution is 2.29. The van der Waals surface area contributed by atoms with Crippen LogP contribution in [0.3, 0.4) is 0 Å². The zero-order chi connectivity index (χ0) is 18.9. The summed E-state index contributed by atoms with van der Waals surface area (Å²) < 4.78 is 2.45. The lowest BCUT2D eigenvalue weighted by Crippen LogP contribution is -3.20. The molecule has 0 radical (unpaired) electrons. The molecule has 0 unspecified atom stereocenters. The molecule has 2 fully saturated rings. The summed E-state index contributed by atoms with van der Waals surface area (Å²) in [6, 6.07) is 17.0. The average Bonchev–Trinajstić information content (AvgIpc) is 3.08. The molecule has 2 aromatic carbocycles. The minimum Gasteiger partial charge on any atom is -0.341 e. The molecule has 2 aliphatic heterocycles. The number of aromatic nitrogens is 1. The third-order valence-electron chi connectivity index (χ3n) is 7.37. The molecule has 3 aromatic rings. The Kier molecular flexibility index (Phi) is 5.13. The zero-order valence-corrected chi connectivity index (χ0v) is 17.3. The second kappa shape index (κ2) is 7.88. The quantitative estimate of drug-likeness (QED) is 0.694. The lowest BCUT2D eigenvalue weighted by atomic mass is 9.99. The van der Waals surface area contributed by atoms with E-state index >= 15 is 0 Å². The van der Waals surface area contributed by atoms with E-state index in [0.717, 1.165) is 12.6 Å². The second-order valence-corrected chi connectivity index (χ2v) is 9.03. The standard InChI is InChI=1S/C25H33N3/c1-2-28-24-9-5-4-8-22(24)23-18-20(10-11-25(23)28)19-26-16-12-21(13-17-26)27-14-6-3-7-15-27/h4-5,8-11,18,21H,2-3,6-7,12-17,19H2,1H3/p+2. The summed E-state index contributed by atoms with van der Waals surface area (Å²) in [4.78, 5) is 3.70. The fraction of sp³-hybridized carbons (Fsp3) is 0.520. The third kappa shape index (κ3) is 3.35. The Morgan fingerprint density at radius 2 is 1.61 bits per heavy atom. The molecule has 148 valence electrons. The number of nitrogens with zero attached hydrogens (tertiary/aromatic N) is 1. The first-order chi connectivity index (χ1) is 13.8. The Morgan fingerprint density at radius 1 is 0.857 bits per heavy atom. The van der Waals surface area contributed by atoms with Crippen LogP contribution in [0.5, 0.6) is 0 Å². The minimum atomic E-state index is 0.939. The van der Waals surface area contributed by atoms with Gasteiger partial charge in [0.25, 0.3) is 0 Å². The summed E-state index contributed by atoms with van der Waals surface area (Å²) in [5.74, 6) is 0. The van der Waals surface area contributed by atoms with Gasteiger partial charge in [0.05, 0.1) is 32.2 Å². The monoisotopic (exact) mass is 377 g/mol. The van der Waals surface area contributed by atoms with Gasteiger partial charge in [0.2, 0.25) is 0 Å². The van der Waals surface area contributed by atoms with Crippen molar-refractivity contribution in [3.63, 3.8) is 0 Å². The van der Waals surface area contributed by atoms with E-state index in [1.165, 1.54) is 92.2 Å². The van der Waals surface area contributed by atoms with E-state index < -0.39 is 0 Å². The van der Waals surface area contributed by atoms with Gasteiger partial charge in [-0.3, -0.25) is 0 Å². The van der Waals surface area contributed by atoms with Gasteiger partial charge in [0.1, 0.15) is 6.54 Å². The molecule has 5 rings (SSSR count). The van der Waals surface area contributed by atoms with Crippen LogP contribution in [0.15, 0.2) is 42.5 Å². The van der Waals surface area contributed by atoms with Crippen LogP contribution in [0, 0.1) is 0 Å². The van der Waals surface area contributed by atoms with E-state index in [0.29, 0.717) is 0 Å². The van der Waals surface area contributed by atoms with Crippen molar-refractivity contribution in [2.75, 3.05) is 26.2 Å². The number of benzene rings is 2. The van der Waals surface area contributed by atoms with Crippen molar-refractivity contribution in [3.05, 3.63) is 48.0 Å². The number of rotatable bonds is 4. The third-order valence-corrected chi connectivity index (χ3v) is 7.37. The van der Waals surface area contributed by atoms with Crippen LogP contribution in [-0.4, -0.2) is 36.8 Å². The van der Waals surface area contributed by atoms with Gasteiger partial charge in [-0.25, -0.2) is 0 Å². The molecular weight excluding hydrogens is 342 g/mol. The first-order valence-corrected chi connectivity index (χ1v) is 11.5. The molecule has 2 N–H and O–H groups in total. The average molecular weight is 378 g/mol. The van der Waals surface area contributed by atoms with Crippen LogP contribution in [0.4, 0.5) is 0 Å². The number of piperidine rings is 2. The molecule has 2 saturated heterocycles. The first kappa shape index (κ1) is 18.2. The number of aryl methyl sites for hydroxylation is 1. The second-order valence-electron chi connectivity index (χ2n) is 9.03. The maximum atomic E-state index is 2.47. The van der Waals surface area contributed by atoms with Crippen LogP contribution < -0.4 is 9.80 Å². The van der Waals surface area contributed by atoms with Gasteiger partial charge in [-0.1, -0.05) is 24.3 Å². The van der Waals surface area contributed by atoms with Gasteiger partial charge in [0, 0.05) is 46.8 Å². The SMILES string of the molecule is CCn1c2ccccc2c2cc(C[NH+]3CCC([NH+]4CCCCC4)CC3)ccc21. The van der Waals surface area contributed by atoms with Crippen LogP contribution in [0.2, 0.25) is 0 Å². The van der Waals surface area contributed by atoms with E-state index in [9.17, 15) is 0 Å². The summed E-state index contributed by atoms with van der Waals surface area (Å²) in [6.45, 7) is 10.0. The van der Waals surface area contributed by atoms with Gasteiger partial charge >= 0.3 is 0 Å². The topological polar surface area (TPSA) is 13.8 Å². The molecule has 0 saturated carbocycles. The molecule has 28 heavy (non-hydrogen) atoms. The maximum Gasteiger partial charge on any atom is 0.103 e. The Balaban J connectivity index is 1.31. The van der Waals surface area contributed by atoms with E-state index in [2.05, 4.69) is 54.0 Å². The molecule has 3 nitrogen and oxygen atoms in total. The molecule has 0 bridgehead atoms. The van der Waals surface area contributed by atoms with Crippen LogP contribution in [0.25, 0.3) is 21.8 Å². The summed E-state index contributed by atoms with van der Waals surface area (Å²) in [6.07, 6.45) is 7.20. The predicted octanol–water partition coefficient (Wildman–Crippen LogP) is 2.43. The van der Waals surface area contributed by atoms with Crippen molar-refractivity contribution in [1.29, 1.82) is 0 Å². The van der Waals surface area contributed by atoms with Gasteiger partial charge in [-0.2, -0.15) is 0 Å². The predicted molar refractivity (Wildman–Crippen MR) is 117 cm³/mol. The van der Waals surface area contributed by atoms with Crippen LogP contribution in [-0.2, 0) is 13.1 Å². The largest absolute Gasteiger partial charge is 0.341 e. The summed E-state index contributed by atoms with van der Waals surface area (Å²) in [7, 11) is 0. The van der Waals surface area contributed by atoms with E-state index in [4.69, 9.17) is 0 Å². The summed E-state index contributed by atoms with van der Waals surface area (Å²) in [5.41, 5.74) is 4.26. The Hall–Kier alpha value is -1.84. The number of hydrogen-bond donors (Lipinski definition) is 2. The molecule has 3 heteroatoms. The maximum absolute atomic E-state index is 2.47. The Labute approximate surface area is 168 Å². The number of hydrogen-bond acceptors (Lipinski definition) is 0. The normalized spacial score (nSPS) is 24.2. The summed E-state index contributed by atoms with van der Waals surface area (Å²) in [5, 5.41) is 2.84. The smallest absolute Gasteiger partial charge is 0.103 e. The highest BCUT2D eigenvalue weighted by Gasteiger charge is 2.30. The van der Waals surface area contributed by atoms with Gasteiger partial charge < -0.3 is 14.4 Å². The fourth-order valence-corrected chi connectivity index (χ4v) is 5.87. The Bertz CT molecular complexity index is 943. The molecule has 0 aliphatic carbocycles. The molecule has 2 aliphatic rings. The van der Waals surface area contributed by atoms with Crippen molar-refractivity contribution >= 4 is 21.8 Å². The molecule has 0 atom stereocenters. The summed E-state index contributed by atoms with van der Waals surface area (Å²) >= 11 is 0. The van der Waals surface area contributed by atoms with Crippen molar-refractivity contribution in [3.8, 4) is 0 Å². The van der Waals surface area contributed by atoms with Gasteiger partial charge in [-0.05, 0) is 44.4 Å². The molecular formula is C25H35N3+2. The van der Waals surface area contributed by atoms with Gasteiger partial charge in [-0.15, -0.1) is 0 Å². The number of nitrogens with one attached hydrogen (secondary N) is 2. The lowest BCUT2D eigenvalue weighted by Gasteiger charge is -2.36. The molecule has 3 heterocycles. The van der Waals surface area contributed by atoms with Crippen molar-refractivity contribution < 1.29 is 9.80 Å². The zero-order valence-electron chi connectivity index (χ0n) is 17.3. The van der Waals surface area contributed by atoms with E-state index in [-0.39, 0.29) is 0 Å². The molecule has 1 aromatic heterocycles. The lowest BCUT2D eigenvalue weighted by molar-refractivity contribution is -0.965. The number of para-hydroxylation sites is 1. The number of quaternary nitrogens is 2. The molecule has 0 spiro atoms. The van der Waals surface area contributed by atoms with Crippen LogP contribution in [0.1, 0.15) is 44.6 Å². The number of fused-ring (bicyclic) bond motifs is 3. The van der Waals surface area contributed by atoms with E-state index in [1.54, 1.807) is 4.90 Å². The van der Waals surface area contributed by atoms with E-state index in [1.807, 2.05) is 4.90 Å².